The van der Waals surface area contributed by atoms with Gasteiger partial charge in [-0.2, -0.15) is 0 Å². The maximum absolute atomic E-state index is 13.6. The average molecular weight is 432 g/mol. The number of hydrogen-bond donors (Lipinski definition) is 3. The lowest BCUT2D eigenvalue weighted by Gasteiger charge is -2.33. The summed E-state index contributed by atoms with van der Waals surface area (Å²) in [5, 5.41) is 8.60. The average Bonchev–Trinajstić information content (AvgIpc) is 2.62. The number of hydrogen-bond acceptors (Lipinski definition) is 4. The smallest absolute Gasteiger partial charge is 0.250 e. The van der Waals surface area contributed by atoms with E-state index in [1.165, 1.54) is 0 Å². The van der Waals surface area contributed by atoms with Crippen molar-refractivity contribution in [1.82, 2.24) is 16.0 Å². The zero-order valence-electron chi connectivity index (χ0n) is 17.7. The predicted molar refractivity (Wildman–Crippen MR) is 112 cm³/mol. The van der Waals surface area contributed by atoms with Crippen molar-refractivity contribution in [1.29, 1.82) is 0 Å². The first-order chi connectivity index (χ1) is 13.7. The van der Waals surface area contributed by atoms with Crippen molar-refractivity contribution < 1.29 is 18.7 Å². The molecule has 3 N–H and O–H groups in total. The van der Waals surface area contributed by atoms with Gasteiger partial charge in [-0.05, 0) is 39.0 Å². The van der Waals surface area contributed by atoms with Crippen molar-refractivity contribution in [3.63, 3.8) is 0 Å². The molecule has 0 spiro atoms. The van der Waals surface area contributed by atoms with Crippen LogP contribution in [0.4, 0.5) is 4.39 Å². The molecule has 7 atom stereocenters. The lowest BCUT2D eigenvalue weighted by Crippen LogP contribution is -2.49. The molecule has 2 amide bonds. The van der Waals surface area contributed by atoms with Crippen LogP contribution in [0.25, 0.3) is 0 Å². The van der Waals surface area contributed by atoms with Crippen LogP contribution in [0.15, 0.2) is 12.3 Å². The van der Waals surface area contributed by atoms with Crippen molar-refractivity contribution in [3.8, 4) is 0 Å². The van der Waals surface area contributed by atoms with Gasteiger partial charge in [0.05, 0.1) is 17.4 Å². The molecule has 166 valence electrons. The molecule has 1 aliphatic heterocycles. The van der Waals surface area contributed by atoms with Crippen molar-refractivity contribution in [2.75, 3.05) is 13.2 Å². The van der Waals surface area contributed by atoms with Gasteiger partial charge >= 0.3 is 0 Å². The summed E-state index contributed by atoms with van der Waals surface area (Å²) in [4.78, 5) is 24.6. The van der Waals surface area contributed by atoms with E-state index < -0.39 is 11.5 Å². The van der Waals surface area contributed by atoms with Gasteiger partial charge < -0.3 is 20.7 Å². The molecule has 0 aromatic carbocycles. The van der Waals surface area contributed by atoms with Gasteiger partial charge in [0.1, 0.15) is 12.8 Å². The Morgan fingerprint density at radius 1 is 1.31 bits per heavy atom. The van der Waals surface area contributed by atoms with Gasteiger partial charge in [-0.1, -0.05) is 13.5 Å². The van der Waals surface area contributed by atoms with Crippen LogP contribution in [0.3, 0.4) is 0 Å². The van der Waals surface area contributed by atoms with E-state index in [9.17, 15) is 14.0 Å². The van der Waals surface area contributed by atoms with Crippen LogP contribution < -0.4 is 16.0 Å². The second-order valence-corrected chi connectivity index (χ2v) is 9.23. The number of ether oxygens (including phenoxy) is 1. The highest BCUT2D eigenvalue weighted by molar-refractivity contribution is 6.21. The topological polar surface area (TPSA) is 79.5 Å². The summed E-state index contributed by atoms with van der Waals surface area (Å²) in [5.74, 6) is -0.0119. The van der Waals surface area contributed by atoms with Crippen LogP contribution in [0.1, 0.15) is 52.9 Å². The van der Waals surface area contributed by atoms with Crippen LogP contribution in [-0.2, 0) is 14.3 Å². The van der Waals surface area contributed by atoms with E-state index in [2.05, 4.69) is 36.4 Å². The monoisotopic (exact) mass is 431 g/mol. The number of nitrogens with one attached hydrogen (secondary N) is 3. The first kappa shape index (κ1) is 24.1. The second kappa shape index (κ2) is 11.3. The Labute approximate surface area is 178 Å². The van der Waals surface area contributed by atoms with Gasteiger partial charge in [0.25, 0.3) is 0 Å². The SMILES string of the molecule is C=C(CC(C)NC(=O)C1CNC(C)CC1C)NC(=O)COC1CCC(Cl)C(F)C1. The van der Waals surface area contributed by atoms with Crippen molar-refractivity contribution in [2.24, 2.45) is 11.8 Å². The first-order valence-electron chi connectivity index (χ1n) is 10.6. The molecule has 1 aliphatic carbocycles. The van der Waals surface area contributed by atoms with Gasteiger partial charge in [-0.25, -0.2) is 4.39 Å². The second-order valence-electron chi connectivity index (χ2n) is 8.67. The largest absolute Gasteiger partial charge is 0.368 e. The molecule has 1 saturated carbocycles. The summed E-state index contributed by atoms with van der Waals surface area (Å²) in [6, 6.07) is 0.290. The van der Waals surface area contributed by atoms with E-state index in [1.54, 1.807) is 0 Å². The normalized spacial score (nSPS) is 33.6. The van der Waals surface area contributed by atoms with Crippen LogP contribution in [-0.4, -0.2) is 54.7 Å². The Hall–Kier alpha value is -1.18. The third-order valence-electron chi connectivity index (χ3n) is 5.79. The molecular weight excluding hydrogens is 397 g/mol. The summed E-state index contributed by atoms with van der Waals surface area (Å²) in [7, 11) is 0. The third-order valence-corrected chi connectivity index (χ3v) is 6.28. The number of carbonyl (C=O) groups is 2. The standard InChI is InChI=1S/C21H35ClFN3O3/c1-12-7-13(2)24-10-17(12)21(28)26-15(4)8-14(3)25-20(27)11-29-16-5-6-18(22)19(23)9-16/h12-13,15-19,24H,3,5-11H2,1-2,4H3,(H,25,27)(H,26,28). The first-order valence-corrected chi connectivity index (χ1v) is 11.0. The number of amides is 2. The highest BCUT2D eigenvalue weighted by Crippen LogP contribution is 2.27. The lowest BCUT2D eigenvalue weighted by molar-refractivity contribution is -0.128. The fraction of sp³-hybridized carbons (Fsp3) is 0.810. The zero-order valence-corrected chi connectivity index (χ0v) is 18.4. The number of carbonyl (C=O) groups excluding carboxylic acids is 2. The van der Waals surface area contributed by atoms with E-state index in [4.69, 9.17) is 16.3 Å². The van der Waals surface area contributed by atoms with Crippen LogP contribution >= 0.6 is 11.6 Å². The number of piperidine rings is 1. The molecule has 2 fully saturated rings. The minimum atomic E-state index is -1.09. The highest BCUT2D eigenvalue weighted by atomic mass is 35.5. The van der Waals surface area contributed by atoms with Crippen molar-refractivity contribution >= 4 is 23.4 Å². The quantitative estimate of drug-likeness (QED) is 0.516. The minimum absolute atomic E-state index is 0.0301. The molecule has 7 unspecified atom stereocenters. The predicted octanol–water partition coefficient (Wildman–Crippen LogP) is 2.66. The molecule has 2 rings (SSSR count). The molecule has 0 aromatic rings. The van der Waals surface area contributed by atoms with Crippen LogP contribution in [0.2, 0.25) is 0 Å². The van der Waals surface area contributed by atoms with E-state index in [0.717, 1.165) is 6.42 Å². The van der Waals surface area contributed by atoms with Gasteiger partial charge in [-0.15, -0.1) is 11.6 Å². The molecule has 0 aromatic heterocycles. The van der Waals surface area contributed by atoms with Crippen LogP contribution in [0.5, 0.6) is 0 Å². The molecule has 1 saturated heterocycles. The van der Waals surface area contributed by atoms with E-state index in [-0.39, 0.29) is 42.9 Å². The lowest BCUT2D eigenvalue weighted by atomic mass is 9.84. The van der Waals surface area contributed by atoms with Gasteiger partial charge in [-0.3, -0.25) is 9.59 Å². The van der Waals surface area contributed by atoms with Crippen molar-refractivity contribution in [2.45, 2.75) is 82.6 Å². The fourth-order valence-electron chi connectivity index (χ4n) is 4.13. The molecule has 2 aliphatic rings. The Balaban J connectivity index is 1.66. The fourth-order valence-corrected chi connectivity index (χ4v) is 4.36. The van der Waals surface area contributed by atoms with Crippen LogP contribution in [0, 0.1) is 11.8 Å². The molecule has 29 heavy (non-hydrogen) atoms. The summed E-state index contributed by atoms with van der Waals surface area (Å²) in [5.41, 5.74) is 0.516. The Morgan fingerprint density at radius 3 is 2.69 bits per heavy atom. The summed E-state index contributed by atoms with van der Waals surface area (Å²) < 4.78 is 19.1. The maximum atomic E-state index is 13.6. The van der Waals surface area contributed by atoms with Crippen molar-refractivity contribution in [3.05, 3.63) is 12.3 Å². The number of alkyl halides is 2. The van der Waals surface area contributed by atoms with Gasteiger partial charge in [0, 0.05) is 37.2 Å². The molecule has 6 nitrogen and oxygen atoms in total. The maximum Gasteiger partial charge on any atom is 0.250 e. The van der Waals surface area contributed by atoms with Gasteiger partial charge in [0.2, 0.25) is 11.8 Å². The van der Waals surface area contributed by atoms with E-state index in [1.807, 2.05) is 6.92 Å². The molecule has 0 radical (unpaired) electrons. The van der Waals surface area contributed by atoms with Gasteiger partial charge in [0.15, 0.2) is 0 Å². The highest BCUT2D eigenvalue weighted by Gasteiger charge is 2.31. The third kappa shape index (κ3) is 7.87. The summed E-state index contributed by atoms with van der Waals surface area (Å²) in [6.45, 7) is 10.5. The summed E-state index contributed by atoms with van der Waals surface area (Å²) >= 11 is 5.86. The summed E-state index contributed by atoms with van der Waals surface area (Å²) in [6.07, 6.45) is 1.45. The zero-order chi connectivity index (χ0) is 21.6. The minimum Gasteiger partial charge on any atom is -0.368 e. The Kier molecular flexibility index (Phi) is 9.37. The number of rotatable bonds is 8. The molecular formula is C21H35ClFN3O3. The molecule has 8 heteroatoms. The molecule has 1 heterocycles. The number of halogens is 2. The van der Waals surface area contributed by atoms with E-state index >= 15 is 0 Å². The Morgan fingerprint density at radius 2 is 2.03 bits per heavy atom. The molecule has 0 bridgehead atoms. The van der Waals surface area contributed by atoms with E-state index in [0.29, 0.717) is 43.5 Å². The Bertz CT molecular complexity index is 592.